The molecular formula is C15H24O2Si. The van der Waals surface area contributed by atoms with E-state index >= 15 is 0 Å². The molecule has 0 amide bonds. The zero-order valence-corrected chi connectivity index (χ0v) is 13.0. The van der Waals surface area contributed by atoms with Gasteiger partial charge >= 0.3 is 8.56 Å². The third-order valence-electron chi connectivity index (χ3n) is 2.32. The van der Waals surface area contributed by atoms with Gasteiger partial charge in [-0.05, 0) is 45.5 Å². The van der Waals surface area contributed by atoms with E-state index in [0.29, 0.717) is 0 Å². The average Bonchev–Trinajstić information content (AvgIpc) is 2.26. The summed E-state index contributed by atoms with van der Waals surface area (Å²) in [5.41, 5.74) is 3.29. The van der Waals surface area contributed by atoms with Crippen LogP contribution in [0.4, 0.5) is 0 Å². The topological polar surface area (TPSA) is 18.5 Å². The lowest BCUT2D eigenvalue weighted by atomic mass is 10.2. The second-order valence-electron chi connectivity index (χ2n) is 5.09. The fourth-order valence-corrected chi connectivity index (χ4v) is 4.43. The van der Waals surface area contributed by atoms with Crippen LogP contribution in [0.5, 0.6) is 0 Å². The highest BCUT2D eigenvalue weighted by Gasteiger charge is 2.30. The highest BCUT2D eigenvalue weighted by molar-refractivity contribution is 6.72. The van der Waals surface area contributed by atoms with Gasteiger partial charge in [0.05, 0.1) is 0 Å². The van der Waals surface area contributed by atoms with E-state index in [2.05, 4.69) is 30.5 Å². The Morgan fingerprint density at radius 2 is 1.44 bits per heavy atom. The molecule has 0 aliphatic carbocycles. The largest absolute Gasteiger partial charge is 0.389 e. The third kappa shape index (κ3) is 5.62. The van der Waals surface area contributed by atoms with Crippen LogP contribution in [-0.4, -0.2) is 20.8 Å². The van der Waals surface area contributed by atoms with Gasteiger partial charge in [-0.3, -0.25) is 0 Å². The molecule has 1 aromatic rings. The van der Waals surface area contributed by atoms with Crippen LogP contribution in [0.15, 0.2) is 36.0 Å². The van der Waals surface area contributed by atoms with E-state index in [1.165, 1.54) is 5.56 Å². The maximum Gasteiger partial charge on any atom is 0.362 e. The molecule has 0 unspecified atom stereocenters. The normalized spacial score (nSPS) is 12.8. The Labute approximate surface area is 112 Å². The maximum atomic E-state index is 6.00. The summed E-state index contributed by atoms with van der Waals surface area (Å²) in [6.07, 6.45) is 2.46. The van der Waals surface area contributed by atoms with Gasteiger partial charge in [-0.1, -0.05) is 36.4 Å². The molecule has 18 heavy (non-hydrogen) atoms. The summed E-state index contributed by atoms with van der Waals surface area (Å²) >= 11 is 0. The molecule has 100 valence electrons. The molecule has 0 fully saturated rings. The number of benzene rings is 1. The van der Waals surface area contributed by atoms with Crippen LogP contribution in [-0.2, 0) is 8.85 Å². The molecule has 2 nitrogen and oxygen atoms in total. The van der Waals surface area contributed by atoms with Gasteiger partial charge in [0.2, 0.25) is 0 Å². The van der Waals surface area contributed by atoms with Gasteiger partial charge in [0.25, 0.3) is 0 Å². The van der Waals surface area contributed by atoms with Gasteiger partial charge in [-0.2, -0.15) is 0 Å². The SMILES string of the molecule is CC(C)O[Si](C)(/C=C/c1ccccc1)OC(C)C. The van der Waals surface area contributed by atoms with Crippen molar-refractivity contribution in [1.29, 1.82) is 0 Å². The highest BCUT2D eigenvalue weighted by Crippen LogP contribution is 2.16. The summed E-state index contributed by atoms with van der Waals surface area (Å²) in [5.74, 6) is 0. The lowest BCUT2D eigenvalue weighted by Gasteiger charge is -2.28. The summed E-state index contributed by atoms with van der Waals surface area (Å²) in [4.78, 5) is 0. The minimum absolute atomic E-state index is 0.181. The van der Waals surface area contributed by atoms with Crippen molar-refractivity contribution in [2.75, 3.05) is 0 Å². The monoisotopic (exact) mass is 264 g/mol. The van der Waals surface area contributed by atoms with Crippen molar-refractivity contribution in [3.8, 4) is 0 Å². The zero-order valence-electron chi connectivity index (χ0n) is 12.0. The molecule has 0 aliphatic heterocycles. The fraction of sp³-hybridized carbons (Fsp3) is 0.467. The highest BCUT2D eigenvalue weighted by atomic mass is 28.4. The van der Waals surface area contributed by atoms with Crippen molar-refractivity contribution in [3.63, 3.8) is 0 Å². The smallest absolute Gasteiger partial charge is 0.362 e. The summed E-state index contributed by atoms with van der Waals surface area (Å²) < 4.78 is 12.0. The Kier molecular flexibility index (Phi) is 5.79. The molecule has 0 saturated carbocycles. The Morgan fingerprint density at radius 1 is 0.944 bits per heavy atom. The minimum Gasteiger partial charge on any atom is -0.389 e. The molecule has 0 aromatic heterocycles. The number of hydrogen-bond acceptors (Lipinski definition) is 2. The molecule has 0 bridgehead atoms. The van der Waals surface area contributed by atoms with Crippen molar-refractivity contribution in [2.24, 2.45) is 0 Å². The first kappa shape index (κ1) is 15.2. The molecule has 0 atom stereocenters. The average molecular weight is 264 g/mol. The van der Waals surface area contributed by atoms with Gasteiger partial charge in [-0.15, -0.1) is 0 Å². The van der Waals surface area contributed by atoms with E-state index < -0.39 is 8.56 Å². The second kappa shape index (κ2) is 6.88. The van der Waals surface area contributed by atoms with Crippen molar-refractivity contribution >= 4 is 14.6 Å². The van der Waals surface area contributed by atoms with E-state index in [4.69, 9.17) is 8.85 Å². The van der Waals surface area contributed by atoms with Crippen LogP contribution in [0.3, 0.4) is 0 Å². The van der Waals surface area contributed by atoms with Gasteiger partial charge in [0.1, 0.15) is 0 Å². The number of rotatable bonds is 6. The molecule has 0 N–H and O–H groups in total. The van der Waals surface area contributed by atoms with Gasteiger partial charge in [-0.25, -0.2) is 0 Å². The maximum absolute atomic E-state index is 6.00. The summed E-state index contributed by atoms with van der Waals surface area (Å²) in [6, 6.07) is 10.2. The van der Waals surface area contributed by atoms with Crippen molar-refractivity contribution in [1.82, 2.24) is 0 Å². The standard InChI is InChI=1S/C15H24O2Si/c1-13(2)16-18(5,17-14(3)4)12-11-15-9-7-6-8-10-15/h6-14H,1-5H3/b12-11+. The van der Waals surface area contributed by atoms with Crippen LogP contribution in [0.2, 0.25) is 6.55 Å². The first-order chi connectivity index (χ1) is 8.41. The fourth-order valence-electron chi connectivity index (χ4n) is 1.85. The van der Waals surface area contributed by atoms with Crippen LogP contribution in [0.1, 0.15) is 33.3 Å². The van der Waals surface area contributed by atoms with Crippen LogP contribution in [0.25, 0.3) is 6.08 Å². The lowest BCUT2D eigenvalue weighted by molar-refractivity contribution is 0.119. The number of hydrogen-bond donors (Lipinski definition) is 0. The van der Waals surface area contributed by atoms with Gasteiger partial charge < -0.3 is 8.85 Å². The first-order valence-electron chi connectivity index (χ1n) is 6.51. The molecule has 0 heterocycles. The van der Waals surface area contributed by atoms with Gasteiger partial charge in [0, 0.05) is 12.2 Å². The second-order valence-corrected chi connectivity index (χ2v) is 7.93. The Morgan fingerprint density at radius 3 is 1.89 bits per heavy atom. The predicted molar refractivity (Wildman–Crippen MR) is 79.5 cm³/mol. The van der Waals surface area contributed by atoms with Gasteiger partial charge in [0.15, 0.2) is 0 Å². The van der Waals surface area contributed by atoms with E-state index in [1.807, 2.05) is 45.9 Å². The Hall–Kier alpha value is -0.903. The van der Waals surface area contributed by atoms with E-state index in [1.54, 1.807) is 0 Å². The first-order valence-corrected chi connectivity index (χ1v) is 8.90. The van der Waals surface area contributed by atoms with Crippen molar-refractivity contribution in [2.45, 2.75) is 46.4 Å². The molecule has 3 heteroatoms. The minimum atomic E-state index is -2.24. The Bertz CT molecular complexity index is 361. The van der Waals surface area contributed by atoms with Crippen LogP contribution in [0, 0.1) is 0 Å². The molecule has 0 aliphatic rings. The molecular weight excluding hydrogens is 240 g/mol. The van der Waals surface area contributed by atoms with Crippen LogP contribution >= 0.6 is 0 Å². The third-order valence-corrected chi connectivity index (χ3v) is 4.97. The van der Waals surface area contributed by atoms with Crippen LogP contribution < -0.4 is 0 Å². The predicted octanol–water partition coefficient (Wildman–Crippen LogP) is 4.16. The van der Waals surface area contributed by atoms with E-state index in [9.17, 15) is 0 Å². The quantitative estimate of drug-likeness (QED) is 0.718. The summed E-state index contributed by atoms with van der Waals surface area (Å²) in [7, 11) is -2.24. The molecule has 0 spiro atoms. The molecule has 0 radical (unpaired) electrons. The molecule has 1 rings (SSSR count). The Balaban J connectivity index is 2.81. The lowest BCUT2D eigenvalue weighted by Crippen LogP contribution is -2.41. The zero-order chi connectivity index (χ0) is 13.6. The van der Waals surface area contributed by atoms with E-state index in [-0.39, 0.29) is 12.2 Å². The molecule has 0 saturated heterocycles. The summed E-state index contributed by atoms with van der Waals surface area (Å²) in [5, 5.41) is 0. The molecule has 1 aromatic carbocycles. The van der Waals surface area contributed by atoms with E-state index in [0.717, 1.165) is 0 Å². The van der Waals surface area contributed by atoms with Crippen molar-refractivity contribution < 1.29 is 8.85 Å². The summed E-state index contributed by atoms with van der Waals surface area (Å²) in [6.45, 7) is 10.3. The van der Waals surface area contributed by atoms with Crippen molar-refractivity contribution in [3.05, 3.63) is 41.6 Å².